The minimum Gasteiger partial charge on any atom is -0.380 e. The fourth-order valence-electron chi connectivity index (χ4n) is 2.36. The molecule has 0 amide bonds. The minimum absolute atomic E-state index is 0.0243. The summed E-state index contributed by atoms with van der Waals surface area (Å²) in [5.41, 5.74) is 2.40. The van der Waals surface area contributed by atoms with Gasteiger partial charge in [0.1, 0.15) is 0 Å². The maximum absolute atomic E-state index is 12.0. The fraction of sp³-hybridized carbons (Fsp3) is 0.333. The van der Waals surface area contributed by atoms with Crippen molar-refractivity contribution in [1.82, 2.24) is 0 Å². The molecule has 1 N–H and O–H groups in total. The summed E-state index contributed by atoms with van der Waals surface area (Å²) in [7, 11) is -7.07. The molecule has 8 heteroatoms. The Kier molecular flexibility index (Phi) is 6.44. The first kappa shape index (κ1) is 20.4. The van der Waals surface area contributed by atoms with E-state index >= 15 is 0 Å². The van der Waals surface area contributed by atoms with Crippen LogP contribution in [-0.2, 0) is 37.6 Å². The van der Waals surface area contributed by atoms with Gasteiger partial charge in [-0.1, -0.05) is 24.3 Å². The Morgan fingerprint density at radius 3 is 2.04 bits per heavy atom. The summed E-state index contributed by atoms with van der Waals surface area (Å²) in [6, 6.07) is 11.9. The molecule has 0 saturated heterocycles. The molecule has 0 aliphatic rings. The molecule has 142 valence electrons. The van der Waals surface area contributed by atoms with Crippen molar-refractivity contribution in [2.45, 2.75) is 29.9 Å². The molecule has 0 spiro atoms. The van der Waals surface area contributed by atoms with Crippen LogP contribution in [0.4, 0.5) is 5.69 Å². The SMILES string of the molecule is CCOCc1ccc(CNc2ccc(S(C)(=O)=O)cc2S(C)(=O)=O)cc1. The Balaban J connectivity index is 2.21. The number of hydrogen-bond donors (Lipinski definition) is 1. The molecule has 0 atom stereocenters. The van der Waals surface area contributed by atoms with Crippen molar-refractivity contribution in [2.24, 2.45) is 0 Å². The van der Waals surface area contributed by atoms with Crippen LogP contribution in [0.3, 0.4) is 0 Å². The van der Waals surface area contributed by atoms with E-state index in [0.717, 1.165) is 23.6 Å². The van der Waals surface area contributed by atoms with Gasteiger partial charge in [0, 0.05) is 25.7 Å². The number of hydrogen-bond acceptors (Lipinski definition) is 6. The van der Waals surface area contributed by atoms with Crippen molar-refractivity contribution < 1.29 is 21.6 Å². The summed E-state index contributed by atoms with van der Waals surface area (Å²) in [6.07, 6.45) is 2.10. The Morgan fingerprint density at radius 2 is 1.50 bits per heavy atom. The second-order valence-corrected chi connectivity index (χ2v) is 10.0. The first-order valence-electron chi connectivity index (χ1n) is 8.05. The smallest absolute Gasteiger partial charge is 0.177 e. The lowest BCUT2D eigenvalue weighted by atomic mass is 10.1. The first-order valence-corrected chi connectivity index (χ1v) is 11.8. The zero-order valence-corrected chi connectivity index (χ0v) is 16.7. The molecule has 2 rings (SSSR count). The predicted molar refractivity (Wildman–Crippen MR) is 102 cm³/mol. The number of anilines is 1. The number of nitrogens with one attached hydrogen (secondary N) is 1. The highest BCUT2D eigenvalue weighted by atomic mass is 32.2. The third-order valence-corrected chi connectivity index (χ3v) is 6.01. The summed E-state index contributed by atoms with van der Waals surface area (Å²) in [4.78, 5) is -0.0582. The Morgan fingerprint density at radius 1 is 0.885 bits per heavy atom. The maximum Gasteiger partial charge on any atom is 0.177 e. The van der Waals surface area contributed by atoms with Gasteiger partial charge in [0.05, 0.1) is 22.1 Å². The van der Waals surface area contributed by atoms with Crippen LogP contribution in [0.1, 0.15) is 18.1 Å². The Bertz CT molecular complexity index is 965. The van der Waals surface area contributed by atoms with Crippen LogP contribution < -0.4 is 5.32 Å². The van der Waals surface area contributed by atoms with Crippen LogP contribution >= 0.6 is 0 Å². The van der Waals surface area contributed by atoms with Crippen LogP contribution in [0.15, 0.2) is 52.3 Å². The van der Waals surface area contributed by atoms with Gasteiger partial charge in [0.25, 0.3) is 0 Å². The molecular weight excluding hydrogens is 374 g/mol. The van der Waals surface area contributed by atoms with Crippen molar-refractivity contribution in [3.8, 4) is 0 Å². The second kappa shape index (κ2) is 8.20. The molecule has 0 heterocycles. The van der Waals surface area contributed by atoms with Crippen molar-refractivity contribution in [3.63, 3.8) is 0 Å². The highest BCUT2D eigenvalue weighted by molar-refractivity contribution is 7.91. The molecule has 0 bridgehead atoms. The molecule has 0 aromatic heterocycles. The van der Waals surface area contributed by atoms with E-state index in [2.05, 4.69) is 5.32 Å². The molecular formula is C18H23NO5S2. The van der Waals surface area contributed by atoms with Crippen molar-refractivity contribution in [3.05, 3.63) is 53.6 Å². The molecule has 0 saturated carbocycles. The first-order chi connectivity index (χ1) is 12.1. The van der Waals surface area contributed by atoms with Gasteiger partial charge in [-0.3, -0.25) is 0 Å². The van der Waals surface area contributed by atoms with Gasteiger partial charge in [0.15, 0.2) is 19.7 Å². The quantitative estimate of drug-likeness (QED) is 0.737. The monoisotopic (exact) mass is 397 g/mol. The molecule has 0 unspecified atom stereocenters. The number of rotatable bonds is 8. The van der Waals surface area contributed by atoms with Gasteiger partial charge in [-0.15, -0.1) is 0 Å². The van der Waals surface area contributed by atoms with Crippen molar-refractivity contribution in [2.75, 3.05) is 24.4 Å². The summed E-state index contributed by atoms with van der Waals surface area (Å²) < 4.78 is 52.8. The van der Waals surface area contributed by atoms with Crippen LogP contribution in [0.2, 0.25) is 0 Å². The summed E-state index contributed by atoms with van der Waals surface area (Å²) >= 11 is 0. The van der Waals surface area contributed by atoms with E-state index < -0.39 is 19.7 Å². The van der Waals surface area contributed by atoms with E-state index in [0.29, 0.717) is 25.4 Å². The van der Waals surface area contributed by atoms with Gasteiger partial charge in [-0.25, -0.2) is 16.8 Å². The van der Waals surface area contributed by atoms with Crippen molar-refractivity contribution in [1.29, 1.82) is 0 Å². The minimum atomic E-state index is -3.58. The van der Waals surface area contributed by atoms with Crippen LogP contribution in [0.5, 0.6) is 0 Å². The fourth-order valence-corrected chi connectivity index (χ4v) is 3.96. The highest BCUT2D eigenvalue weighted by Gasteiger charge is 2.17. The second-order valence-electron chi connectivity index (χ2n) is 6.01. The maximum atomic E-state index is 12.0. The zero-order chi connectivity index (χ0) is 19.4. The molecule has 0 aliphatic carbocycles. The van der Waals surface area contributed by atoms with E-state index in [1.54, 1.807) is 0 Å². The molecule has 6 nitrogen and oxygen atoms in total. The van der Waals surface area contributed by atoms with E-state index in [-0.39, 0.29) is 9.79 Å². The van der Waals surface area contributed by atoms with Crippen LogP contribution in [0, 0.1) is 0 Å². The van der Waals surface area contributed by atoms with Gasteiger partial charge in [0.2, 0.25) is 0 Å². The van der Waals surface area contributed by atoms with Gasteiger partial charge in [-0.2, -0.15) is 0 Å². The van der Waals surface area contributed by atoms with Crippen LogP contribution in [-0.4, -0.2) is 36.0 Å². The molecule has 0 radical (unpaired) electrons. The van der Waals surface area contributed by atoms with E-state index in [1.165, 1.54) is 18.2 Å². The summed E-state index contributed by atoms with van der Waals surface area (Å²) in [5.74, 6) is 0. The molecule has 2 aromatic carbocycles. The predicted octanol–water partition coefficient (Wildman–Crippen LogP) is 2.64. The van der Waals surface area contributed by atoms with Crippen molar-refractivity contribution >= 4 is 25.4 Å². The average molecular weight is 398 g/mol. The third-order valence-electron chi connectivity index (χ3n) is 3.76. The average Bonchev–Trinajstić information content (AvgIpc) is 2.57. The zero-order valence-electron chi connectivity index (χ0n) is 15.0. The molecule has 0 fully saturated rings. The van der Waals surface area contributed by atoms with E-state index in [1.807, 2.05) is 31.2 Å². The summed E-state index contributed by atoms with van der Waals surface area (Å²) in [5, 5.41) is 3.07. The van der Waals surface area contributed by atoms with Gasteiger partial charge >= 0.3 is 0 Å². The molecule has 2 aromatic rings. The normalized spacial score (nSPS) is 12.1. The van der Waals surface area contributed by atoms with Gasteiger partial charge < -0.3 is 10.1 Å². The number of benzene rings is 2. The number of ether oxygens (including phenoxy) is 1. The largest absolute Gasteiger partial charge is 0.380 e. The third kappa shape index (κ3) is 5.55. The van der Waals surface area contributed by atoms with E-state index in [9.17, 15) is 16.8 Å². The van der Waals surface area contributed by atoms with Crippen LogP contribution in [0.25, 0.3) is 0 Å². The number of sulfone groups is 2. The Hall–Kier alpha value is -1.90. The van der Waals surface area contributed by atoms with Gasteiger partial charge in [-0.05, 0) is 36.2 Å². The summed E-state index contributed by atoms with van der Waals surface area (Å²) in [6.45, 7) is 3.55. The lowest BCUT2D eigenvalue weighted by molar-refractivity contribution is 0.134. The molecule has 0 aliphatic heterocycles. The standard InChI is InChI=1S/C18H23NO5S2/c1-4-24-13-15-7-5-14(6-8-15)12-19-17-10-9-16(25(2,20)21)11-18(17)26(3,22)23/h5-11,19H,4,12-13H2,1-3H3. The Labute approximate surface area is 155 Å². The molecule has 26 heavy (non-hydrogen) atoms. The van der Waals surface area contributed by atoms with E-state index in [4.69, 9.17) is 4.74 Å². The highest BCUT2D eigenvalue weighted by Crippen LogP contribution is 2.25. The topological polar surface area (TPSA) is 89.5 Å². The lowest BCUT2D eigenvalue weighted by Crippen LogP contribution is -2.08. The lowest BCUT2D eigenvalue weighted by Gasteiger charge is -2.13.